The lowest BCUT2D eigenvalue weighted by Gasteiger charge is -2.21. The number of nitrogen functional groups attached to an aromatic ring is 1. The second kappa shape index (κ2) is 12.6. The number of carbonyl (C=O) groups excluding carboxylic acids is 1. The quantitative estimate of drug-likeness (QED) is 0.0510. The average Bonchev–Trinajstić information content (AvgIpc) is 3.48. The predicted octanol–water partition coefficient (Wildman–Crippen LogP) is 0.763. The zero-order valence-corrected chi connectivity index (χ0v) is 23.8. The highest BCUT2D eigenvalue weighted by Gasteiger charge is 2.44. The molecule has 3 aromatic rings. The van der Waals surface area contributed by atoms with Crippen LogP contribution in [-0.2, 0) is 42.9 Å². The Kier molecular flexibility index (Phi) is 9.48. The van der Waals surface area contributed by atoms with Crippen LogP contribution in [0.15, 0.2) is 34.6 Å². The molecule has 4 heterocycles. The van der Waals surface area contributed by atoms with Crippen LogP contribution in [0.3, 0.4) is 0 Å². The first kappa shape index (κ1) is 32.4. The average molecular weight is 667 g/mol. The van der Waals surface area contributed by atoms with E-state index in [1.165, 1.54) is 29.2 Å². The first-order chi connectivity index (χ1) is 20.1. The molecule has 1 aliphatic heterocycles. The number of rotatable bonds is 12. The molecule has 4 rings (SSSR count). The Morgan fingerprint density at radius 2 is 1.98 bits per heavy atom. The summed E-state index contributed by atoms with van der Waals surface area (Å²) in [4.78, 5) is 78.7. The van der Waals surface area contributed by atoms with Gasteiger partial charge in [-0.25, -0.2) is 23.5 Å². The number of H-pyrrole nitrogens is 1. The number of esters is 1. The van der Waals surface area contributed by atoms with Crippen molar-refractivity contribution in [2.45, 2.75) is 31.4 Å². The van der Waals surface area contributed by atoms with Crippen molar-refractivity contribution in [2.75, 3.05) is 12.3 Å². The molecule has 0 radical (unpaired) electrons. The second-order valence-corrected chi connectivity index (χ2v) is 12.8. The van der Waals surface area contributed by atoms with E-state index in [9.17, 15) is 33.1 Å². The van der Waals surface area contributed by atoms with Crippen molar-refractivity contribution >= 4 is 46.5 Å². The zero-order chi connectivity index (χ0) is 31.6. The maximum atomic E-state index is 13.1. The molecule has 0 bridgehead atoms. The van der Waals surface area contributed by atoms with Gasteiger partial charge in [-0.15, -0.1) is 0 Å². The summed E-state index contributed by atoms with van der Waals surface area (Å²) in [5.41, 5.74) is 13.4. The number of hydrogen-bond acceptors (Lipinski definition) is 15. The number of phosphoric acid groups is 3. The number of fused-ring (bicyclic) bond motifs is 1. The third-order valence-corrected chi connectivity index (χ3v) is 9.21. The van der Waals surface area contributed by atoms with Crippen LogP contribution in [0.4, 0.5) is 5.95 Å². The first-order valence-electron chi connectivity index (χ1n) is 11.4. The van der Waals surface area contributed by atoms with Gasteiger partial charge in [-0.1, -0.05) is 5.11 Å². The van der Waals surface area contributed by atoms with Crippen LogP contribution < -0.4 is 11.3 Å². The van der Waals surface area contributed by atoms with E-state index in [1.54, 1.807) is 0 Å². The molecule has 0 saturated carbocycles. The number of anilines is 1. The van der Waals surface area contributed by atoms with Crippen LogP contribution in [0.1, 0.15) is 28.7 Å². The third-order valence-electron chi connectivity index (χ3n) is 5.41. The fourth-order valence-corrected chi connectivity index (χ4v) is 6.85. The summed E-state index contributed by atoms with van der Waals surface area (Å²) >= 11 is 0. The molecule has 43 heavy (non-hydrogen) atoms. The summed E-state index contributed by atoms with van der Waals surface area (Å²) in [5.74, 6) is -1.24. The number of aromatic nitrogens is 5. The number of phosphoric ester groups is 1. The Bertz CT molecular complexity index is 1790. The standard InChI is InChI=1S/C17H20N9O14P3/c18-17-23-14-13(15(27)24-17)21-7-26(14)12-4-10(38-16(28)8-2-1-3-20-9(8)5-22-25-19)11(37-12)6-36-42(32,33)40-43(34,35)39-41(29,30)31/h1-3,7,10-12H,4-6H2,(H,32,33)(H,34,35)(H2,29,30,31)(H3,18,23,24,27)/t10-,11-,12-/m1/s1. The smallest absolute Gasteiger partial charge is 0.456 e. The SMILES string of the molecule is [N-]=[N+]=NCc1ncccc1C(=O)O[C@@H]1C[C@H](n2cnc3c(=O)[nH]c(N)nc32)O[C@@H]1COP(=O)(O)OP(=O)(O)OP(=O)(O)O. The zero-order valence-electron chi connectivity index (χ0n) is 21.1. The van der Waals surface area contributed by atoms with E-state index in [0.29, 0.717) is 0 Å². The molecule has 7 N–H and O–H groups in total. The van der Waals surface area contributed by atoms with Crippen LogP contribution in [0, 0.1) is 0 Å². The molecule has 232 valence electrons. The van der Waals surface area contributed by atoms with Gasteiger partial charge in [-0.2, -0.15) is 13.6 Å². The molecule has 3 aromatic heterocycles. The fourth-order valence-electron chi connectivity index (χ4n) is 3.82. The minimum absolute atomic E-state index is 0.0335. The van der Waals surface area contributed by atoms with E-state index in [0.717, 1.165) is 0 Å². The first-order valence-corrected chi connectivity index (χ1v) is 15.9. The Morgan fingerprint density at radius 3 is 2.67 bits per heavy atom. The number of nitrogens with zero attached hydrogens (tertiary/aromatic N) is 7. The van der Waals surface area contributed by atoms with Crippen LogP contribution >= 0.6 is 23.5 Å². The number of pyridine rings is 1. The van der Waals surface area contributed by atoms with Crippen molar-refractivity contribution in [3.8, 4) is 0 Å². The number of hydrogen-bond donors (Lipinski definition) is 6. The summed E-state index contributed by atoms with van der Waals surface area (Å²) in [5, 5.41) is 3.36. The van der Waals surface area contributed by atoms with Gasteiger partial charge in [0.2, 0.25) is 5.95 Å². The molecule has 2 unspecified atom stereocenters. The maximum absolute atomic E-state index is 13.1. The minimum Gasteiger partial charge on any atom is -0.456 e. The van der Waals surface area contributed by atoms with Gasteiger partial charge in [0.05, 0.1) is 30.7 Å². The number of azide groups is 1. The normalized spacial score (nSPS) is 21.5. The van der Waals surface area contributed by atoms with Gasteiger partial charge in [0.1, 0.15) is 18.4 Å². The van der Waals surface area contributed by atoms with Gasteiger partial charge in [-0.05, 0) is 17.7 Å². The van der Waals surface area contributed by atoms with E-state index in [-0.39, 0.29) is 41.3 Å². The Morgan fingerprint density at radius 1 is 1.23 bits per heavy atom. The molecule has 1 saturated heterocycles. The molecule has 1 fully saturated rings. The Hall–Kier alpha value is -3.55. The largest absolute Gasteiger partial charge is 0.490 e. The molecule has 5 atom stereocenters. The van der Waals surface area contributed by atoms with E-state index in [2.05, 4.69) is 43.1 Å². The molecule has 0 aliphatic carbocycles. The fraction of sp³-hybridized carbons (Fsp3) is 0.353. The van der Waals surface area contributed by atoms with Crippen LogP contribution in [-0.4, -0.2) is 68.9 Å². The molecular formula is C17H20N9O14P3. The predicted molar refractivity (Wildman–Crippen MR) is 137 cm³/mol. The lowest BCUT2D eigenvalue weighted by atomic mass is 10.1. The maximum Gasteiger partial charge on any atom is 0.490 e. The van der Waals surface area contributed by atoms with Crippen molar-refractivity contribution in [3.63, 3.8) is 0 Å². The van der Waals surface area contributed by atoms with Gasteiger partial charge in [-0.3, -0.25) is 23.9 Å². The second-order valence-electron chi connectivity index (χ2n) is 8.36. The van der Waals surface area contributed by atoms with Gasteiger partial charge in [0.15, 0.2) is 11.2 Å². The van der Waals surface area contributed by atoms with Crippen molar-refractivity contribution in [1.82, 2.24) is 24.5 Å². The lowest BCUT2D eigenvalue weighted by molar-refractivity contribution is -0.0490. The number of nitrogens with two attached hydrogens (primary N) is 1. The topological polar surface area (TPSA) is 347 Å². The van der Waals surface area contributed by atoms with Gasteiger partial charge in [0.25, 0.3) is 5.56 Å². The van der Waals surface area contributed by atoms with Crippen molar-refractivity contribution in [1.29, 1.82) is 0 Å². The number of ether oxygens (including phenoxy) is 2. The summed E-state index contributed by atoms with van der Waals surface area (Å²) < 4.78 is 59.5. The number of imidazole rings is 1. The van der Waals surface area contributed by atoms with Crippen LogP contribution in [0.2, 0.25) is 0 Å². The molecular weight excluding hydrogens is 647 g/mol. The summed E-state index contributed by atoms with van der Waals surface area (Å²) in [6.07, 6.45) is -1.53. The number of carbonyl (C=O) groups is 1. The molecule has 0 spiro atoms. The van der Waals surface area contributed by atoms with Crippen molar-refractivity contribution < 1.29 is 60.7 Å². The number of nitrogens with one attached hydrogen (secondary N) is 1. The molecule has 26 heteroatoms. The summed E-state index contributed by atoms with van der Waals surface area (Å²) in [6, 6.07) is 2.73. The molecule has 0 aromatic carbocycles. The van der Waals surface area contributed by atoms with Crippen molar-refractivity contribution in [3.05, 3.63) is 56.7 Å². The van der Waals surface area contributed by atoms with Gasteiger partial charge >= 0.3 is 29.4 Å². The van der Waals surface area contributed by atoms with Crippen molar-refractivity contribution in [2.24, 2.45) is 5.11 Å². The minimum atomic E-state index is -5.81. The monoisotopic (exact) mass is 667 g/mol. The summed E-state index contributed by atoms with van der Waals surface area (Å²) in [7, 11) is -17.0. The van der Waals surface area contributed by atoms with E-state index < -0.39 is 60.0 Å². The van der Waals surface area contributed by atoms with Crippen LogP contribution in [0.25, 0.3) is 21.6 Å². The third kappa shape index (κ3) is 8.30. The summed E-state index contributed by atoms with van der Waals surface area (Å²) in [6.45, 7) is -1.27. The molecule has 23 nitrogen and oxygen atoms in total. The Balaban J connectivity index is 1.59. The highest BCUT2D eigenvalue weighted by molar-refractivity contribution is 7.66. The van der Waals surface area contributed by atoms with Gasteiger partial charge < -0.3 is 34.8 Å². The van der Waals surface area contributed by atoms with Crippen LogP contribution in [0.5, 0.6) is 0 Å². The lowest BCUT2D eigenvalue weighted by Crippen LogP contribution is -2.31. The number of aromatic amines is 1. The molecule has 0 amide bonds. The van der Waals surface area contributed by atoms with Gasteiger partial charge in [0, 0.05) is 17.5 Å². The van der Waals surface area contributed by atoms with E-state index in [4.69, 9.17) is 30.5 Å². The highest BCUT2D eigenvalue weighted by atomic mass is 31.3. The van der Waals surface area contributed by atoms with E-state index >= 15 is 0 Å². The Labute approximate surface area is 237 Å². The highest BCUT2D eigenvalue weighted by Crippen LogP contribution is 2.66. The molecule has 1 aliphatic rings. The van der Waals surface area contributed by atoms with E-state index in [1.807, 2.05) is 0 Å².